The van der Waals surface area contributed by atoms with Crippen molar-refractivity contribution >= 4 is 0 Å². The third-order valence-electron chi connectivity index (χ3n) is 0.726. The first-order valence-electron chi connectivity index (χ1n) is 2.01. The van der Waals surface area contributed by atoms with E-state index >= 15 is 0 Å². The van der Waals surface area contributed by atoms with Crippen molar-refractivity contribution in [3.63, 3.8) is 0 Å². The summed E-state index contributed by atoms with van der Waals surface area (Å²) in [4.78, 5) is 0. The average Bonchev–Trinajstić information content (AvgIpc) is 1.86. The number of nitriles is 1. The van der Waals surface area contributed by atoms with Crippen LogP contribution in [0.3, 0.4) is 0 Å². The van der Waals surface area contributed by atoms with Gasteiger partial charge in [-0.3, -0.25) is 0 Å². The predicted molar refractivity (Wildman–Crippen MR) is 21.4 cm³/mol. The van der Waals surface area contributed by atoms with Gasteiger partial charge in [0.2, 0.25) is 0 Å². The number of halogens is 4. The molecule has 1 atom stereocenters. The molecule has 0 spiro atoms. The number of hydrogen-bond acceptors (Lipinski definition) is 1. The second kappa shape index (κ2) is 2.67. The van der Waals surface area contributed by atoms with Gasteiger partial charge in [-0.15, -0.1) is 0 Å². The molecule has 0 aromatic carbocycles. The second-order valence-corrected chi connectivity index (χ2v) is 1.41. The van der Waals surface area contributed by atoms with Gasteiger partial charge in [0.25, 0.3) is 12.1 Å². The quantitative estimate of drug-likeness (QED) is 0.534. The van der Waals surface area contributed by atoms with E-state index in [9.17, 15) is 17.6 Å². The molecule has 0 N–H and O–H groups in total. The summed E-state index contributed by atoms with van der Waals surface area (Å²) in [6, 6.07) is 0.536. The Balaban J connectivity index is 4.14. The molecule has 1 unspecified atom stereocenters. The standard InChI is InChI=1S/C4H3F4N/c5-1-4(8,2-9)3(6)7/h3H,1H2. The smallest absolute Gasteiger partial charge is 0.246 e. The van der Waals surface area contributed by atoms with E-state index in [1.807, 2.05) is 0 Å². The summed E-state index contributed by atoms with van der Waals surface area (Å²) in [5.41, 5.74) is -3.61. The second-order valence-electron chi connectivity index (χ2n) is 1.41. The zero-order valence-corrected chi connectivity index (χ0v) is 4.24. The third kappa shape index (κ3) is 1.56. The molecule has 0 radical (unpaired) electrons. The maximum absolute atomic E-state index is 11.9. The van der Waals surface area contributed by atoms with Crippen molar-refractivity contribution in [2.24, 2.45) is 0 Å². The van der Waals surface area contributed by atoms with E-state index in [2.05, 4.69) is 0 Å². The molecule has 0 saturated carbocycles. The highest BCUT2D eigenvalue weighted by Gasteiger charge is 2.41. The van der Waals surface area contributed by atoms with Gasteiger partial charge < -0.3 is 0 Å². The first-order valence-corrected chi connectivity index (χ1v) is 2.01. The van der Waals surface area contributed by atoms with E-state index in [1.54, 1.807) is 0 Å². The van der Waals surface area contributed by atoms with Crippen LogP contribution in [-0.4, -0.2) is 18.8 Å². The normalized spacial score (nSPS) is 16.9. The van der Waals surface area contributed by atoms with Gasteiger partial charge in [0.15, 0.2) is 0 Å². The molecule has 1 nitrogen and oxygen atoms in total. The minimum atomic E-state index is -3.61. The van der Waals surface area contributed by atoms with Gasteiger partial charge in [-0.1, -0.05) is 0 Å². The van der Waals surface area contributed by atoms with Crippen molar-refractivity contribution in [3.8, 4) is 6.07 Å². The highest BCUT2D eigenvalue weighted by atomic mass is 19.3. The topological polar surface area (TPSA) is 23.8 Å². The van der Waals surface area contributed by atoms with Gasteiger partial charge in [-0.05, 0) is 0 Å². The van der Waals surface area contributed by atoms with Gasteiger partial charge in [-0.2, -0.15) is 5.26 Å². The number of alkyl halides is 4. The van der Waals surface area contributed by atoms with Crippen molar-refractivity contribution in [2.75, 3.05) is 6.67 Å². The largest absolute Gasteiger partial charge is 0.288 e. The highest BCUT2D eigenvalue weighted by molar-refractivity contribution is 5.02. The Kier molecular flexibility index (Phi) is 2.43. The molecule has 0 fully saturated rings. The summed E-state index contributed by atoms with van der Waals surface area (Å²) < 4.78 is 45.6. The molecule has 0 rings (SSSR count). The van der Waals surface area contributed by atoms with Gasteiger partial charge in [0.05, 0.1) is 0 Å². The molecule has 0 aromatic heterocycles. The van der Waals surface area contributed by atoms with Gasteiger partial charge in [0, 0.05) is 0 Å². The van der Waals surface area contributed by atoms with Gasteiger partial charge >= 0.3 is 0 Å². The third-order valence-corrected chi connectivity index (χ3v) is 0.726. The summed E-state index contributed by atoms with van der Waals surface area (Å²) in [6.07, 6.45) is -3.58. The lowest BCUT2D eigenvalue weighted by molar-refractivity contribution is -0.0107. The van der Waals surface area contributed by atoms with Crippen LogP contribution in [0.4, 0.5) is 17.6 Å². The Morgan fingerprint density at radius 3 is 2.00 bits per heavy atom. The highest BCUT2D eigenvalue weighted by Crippen LogP contribution is 2.19. The predicted octanol–water partition coefficient (Wildman–Crippen LogP) is 1.45. The molecule has 9 heavy (non-hydrogen) atoms. The van der Waals surface area contributed by atoms with Crippen molar-refractivity contribution in [3.05, 3.63) is 0 Å². The molecule has 52 valence electrons. The summed E-state index contributed by atoms with van der Waals surface area (Å²) in [5.74, 6) is 0. The Bertz CT molecular complexity index is 129. The zero-order valence-electron chi connectivity index (χ0n) is 4.24. The summed E-state index contributed by atoms with van der Waals surface area (Å²) in [7, 11) is 0. The van der Waals surface area contributed by atoms with Gasteiger partial charge in [0.1, 0.15) is 12.7 Å². The average molecular weight is 141 g/mol. The van der Waals surface area contributed by atoms with Gasteiger partial charge in [-0.25, -0.2) is 17.6 Å². The van der Waals surface area contributed by atoms with Crippen molar-refractivity contribution in [1.29, 1.82) is 5.26 Å². The Hall–Kier alpha value is -0.790. The molecule has 5 heteroatoms. The van der Waals surface area contributed by atoms with Crippen LogP contribution in [0.1, 0.15) is 0 Å². The fraction of sp³-hybridized carbons (Fsp3) is 0.750. The van der Waals surface area contributed by atoms with Crippen LogP contribution in [0.5, 0.6) is 0 Å². The molecule has 0 aliphatic heterocycles. The first kappa shape index (κ1) is 8.21. The summed E-state index contributed by atoms with van der Waals surface area (Å²) in [5, 5.41) is 7.61. The molecule has 0 aromatic rings. The van der Waals surface area contributed by atoms with E-state index in [4.69, 9.17) is 5.26 Å². The van der Waals surface area contributed by atoms with Crippen LogP contribution in [0.15, 0.2) is 0 Å². The van der Waals surface area contributed by atoms with E-state index in [0.717, 1.165) is 0 Å². The fourth-order valence-electron chi connectivity index (χ4n) is 0.137. The minimum absolute atomic E-state index is 0.536. The summed E-state index contributed by atoms with van der Waals surface area (Å²) in [6.45, 7) is -1.97. The van der Waals surface area contributed by atoms with Crippen LogP contribution in [0, 0.1) is 11.3 Å². The molecule has 0 aliphatic carbocycles. The van der Waals surface area contributed by atoms with Crippen LogP contribution >= 0.6 is 0 Å². The maximum atomic E-state index is 11.9. The lowest BCUT2D eigenvalue weighted by Gasteiger charge is -2.09. The van der Waals surface area contributed by atoms with E-state index in [0.29, 0.717) is 6.07 Å². The lowest BCUT2D eigenvalue weighted by atomic mass is 10.2. The molecule has 0 bridgehead atoms. The van der Waals surface area contributed by atoms with Crippen molar-refractivity contribution < 1.29 is 17.6 Å². The fourth-order valence-corrected chi connectivity index (χ4v) is 0.137. The Morgan fingerprint density at radius 2 is 2.00 bits per heavy atom. The first-order chi connectivity index (χ1) is 4.06. The molecule has 0 heterocycles. The maximum Gasteiger partial charge on any atom is 0.288 e. The number of hydrogen-bond donors (Lipinski definition) is 0. The number of rotatable bonds is 2. The van der Waals surface area contributed by atoms with E-state index in [1.165, 1.54) is 0 Å². The monoisotopic (exact) mass is 141 g/mol. The van der Waals surface area contributed by atoms with Crippen molar-refractivity contribution in [1.82, 2.24) is 0 Å². The van der Waals surface area contributed by atoms with Crippen LogP contribution in [0.25, 0.3) is 0 Å². The Morgan fingerprint density at radius 1 is 1.56 bits per heavy atom. The number of nitrogens with zero attached hydrogens (tertiary/aromatic N) is 1. The SMILES string of the molecule is N#CC(F)(CF)C(F)F. The van der Waals surface area contributed by atoms with Crippen LogP contribution in [0.2, 0.25) is 0 Å². The minimum Gasteiger partial charge on any atom is -0.246 e. The zero-order chi connectivity index (χ0) is 7.49. The van der Waals surface area contributed by atoms with Crippen LogP contribution in [-0.2, 0) is 0 Å². The van der Waals surface area contributed by atoms with E-state index in [-0.39, 0.29) is 0 Å². The molecule has 0 aliphatic rings. The molecular formula is C4H3F4N. The lowest BCUT2D eigenvalue weighted by Crippen LogP contribution is -2.32. The summed E-state index contributed by atoms with van der Waals surface area (Å²) >= 11 is 0. The van der Waals surface area contributed by atoms with E-state index < -0.39 is 18.8 Å². The Labute approximate surface area is 48.9 Å². The molecule has 0 amide bonds. The molecular weight excluding hydrogens is 138 g/mol. The van der Waals surface area contributed by atoms with Crippen molar-refractivity contribution in [2.45, 2.75) is 12.1 Å². The van der Waals surface area contributed by atoms with Crippen LogP contribution < -0.4 is 0 Å². The molecule has 0 saturated heterocycles.